The summed E-state index contributed by atoms with van der Waals surface area (Å²) < 4.78 is 5.94. The first-order valence-corrected chi connectivity index (χ1v) is 11.3. The molecule has 1 aromatic heterocycles. The van der Waals surface area contributed by atoms with Crippen LogP contribution in [0.3, 0.4) is 0 Å². The van der Waals surface area contributed by atoms with Crippen molar-refractivity contribution < 1.29 is 14.0 Å². The number of hydrogen-bond donors (Lipinski definition) is 2. The van der Waals surface area contributed by atoms with Gasteiger partial charge in [0.1, 0.15) is 17.1 Å². The molecule has 1 atom stereocenters. The number of hydrogen-bond acceptors (Lipinski definition) is 6. The second kappa shape index (κ2) is 9.31. The van der Waals surface area contributed by atoms with E-state index >= 15 is 0 Å². The van der Waals surface area contributed by atoms with Crippen LogP contribution in [0.1, 0.15) is 37.1 Å². The Morgan fingerprint density at radius 2 is 2.22 bits per heavy atom. The van der Waals surface area contributed by atoms with E-state index < -0.39 is 17.5 Å². The first kappa shape index (κ1) is 22.3. The fourth-order valence-corrected chi connectivity index (χ4v) is 3.91. The lowest BCUT2D eigenvalue weighted by molar-refractivity contribution is -0.129. The molecule has 1 aliphatic heterocycles. The highest BCUT2D eigenvalue weighted by molar-refractivity contribution is 6.19. The van der Waals surface area contributed by atoms with Crippen LogP contribution in [0.5, 0.6) is 0 Å². The largest absolute Gasteiger partial charge is 0.441 e. The average molecular weight is 456 g/mol. The van der Waals surface area contributed by atoms with Crippen LogP contribution in [0.25, 0.3) is 16.7 Å². The molecular formula is C23H26ClN5O3. The van der Waals surface area contributed by atoms with Gasteiger partial charge in [-0.05, 0) is 49.6 Å². The van der Waals surface area contributed by atoms with Gasteiger partial charge in [0.15, 0.2) is 11.5 Å². The van der Waals surface area contributed by atoms with Crippen molar-refractivity contribution in [3.8, 4) is 6.07 Å². The van der Waals surface area contributed by atoms with Gasteiger partial charge in [0.05, 0.1) is 12.5 Å². The zero-order valence-electron chi connectivity index (χ0n) is 18.0. The first-order valence-electron chi connectivity index (χ1n) is 10.8. The number of carbonyl (C=O) groups excluding carboxylic acids is 2. The predicted molar refractivity (Wildman–Crippen MR) is 121 cm³/mol. The highest BCUT2D eigenvalue weighted by Gasteiger charge is 2.45. The minimum Gasteiger partial charge on any atom is -0.441 e. The number of oxazole rings is 1. The summed E-state index contributed by atoms with van der Waals surface area (Å²) >= 11 is 5.66. The van der Waals surface area contributed by atoms with Gasteiger partial charge in [-0.1, -0.05) is 12.1 Å². The fourth-order valence-electron chi connectivity index (χ4n) is 3.74. The lowest BCUT2D eigenvalue weighted by Crippen LogP contribution is -2.51. The molecule has 0 unspecified atom stereocenters. The lowest BCUT2D eigenvalue weighted by atomic mass is 9.99. The van der Waals surface area contributed by atoms with Crippen LogP contribution in [0.4, 0.5) is 0 Å². The van der Waals surface area contributed by atoms with Crippen molar-refractivity contribution in [1.82, 2.24) is 20.5 Å². The van der Waals surface area contributed by atoms with Crippen molar-refractivity contribution in [2.75, 3.05) is 26.0 Å². The lowest BCUT2D eigenvalue weighted by Gasteiger charge is -2.21. The Balaban J connectivity index is 1.52. The van der Waals surface area contributed by atoms with Gasteiger partial charge >= 0.3 is 0 Å². The number of likely N-dealkylation sites (N-methyl/N-ethyl adjacent to an activating group) is 1. The maximum absolute atomic E-state index is 12.8. The Kier molecular flexibility index (Phi) is 6.49. The smallest absolute Gasteiger partial charge is 0.244 e. The standard InChI is InChI=1S/C23H26ClN5O3/c1-29-10-5-15(6-11-29)16-2-3-17-19(12-16)32-21(27-17)13-18(26-20(30)4-9-24)22(31)28-23(14-25)7-8-23/h2-3,5,12,18H,4,6-11,13H2,1H3,(H,26,30)(H,28,31)/t18-/m0/s1. The van der Waals surface area contributed by atoms with Crippen molar-refractivity contribution in [3.63, 3.8) is 0 Å². The number of amides is 2. The van der Waals surface area contributed by atoms with E-state index in [1.54, 1.807) is 0 Å². The van der Waals surface area contributed by atoms with E-state index in [2.05, 4.69) is 39.7 Å². The van der Waals surface area contributed by atoms with E-state index in [1.807, 2.05) is 18.2 Å². The van der Waals surface area contributed by atoms with Crippen molar-refractivity contribution in [3.05, 3.63) is 35.7 Å². The molecule has 2 aromatic rings. The fraction of sp³-hybridized carbons (Fsp3) is 0.478. The summed E-state index contributed by atoms with van der Waals surface area (Å²) in [6, 6.07) is 7.14. The number of alkyl halides is 1. The summed E-state index contributed by atoms with van der Waals surface area (Å²) in [5.41, 5.74) is 2.88. The molecule has 0 radical (unpaired) electrons. The summed E-state index contributed by atoms with van der Waals surface area (Å²) in [6.07, 6.45) is 4.58. The Morgan fingerprint density at radius 1 is 1.41 bits per heavy atom. The molecule has 4 rings (SSSR count). The highest BCUT2D eigenvalue weighted by atomic mass is 35.5. The second-order valence-corrected chi connectivity index (χ2v) is 8.86. The molecule has 8 nitrogen and oxygen atoms in total. The van der Waals surface area contributed by atoms with Crippen molar-refractivity contribution in [2.45, 2.75) is 43.7 Å². The monoisotopic (exact) mass is 455 g/mol. The van der Waals surface area contributed by atoms with Crippen molar-refractivity contribution >= 4 is 40.1 Å². The van der Waals surface area contributed by atoms with Crippen LogP contribution in [-0.4, -0.2) is 59.3 Å². The summed E-state index contributed by atoms with van der Waals surface area (Å²) in [6.45, 7) is 1.92. The van der Waals surface area contributed by atoms with Gasteiger partial charge in [-0.25, -0.2) is 4.98 Å². The molecule has 168 valence electrons. The molecule has 2 heterocycles. The molecule has 0 saturated heterocycles. The number of rotatable bonds is 8. The minimum atomic E-state index is -0.902. The molecular weight excluding hydrogens is 430 g/mol. The van der Waals surface area contributed by atoms with Gasteiger partial charge in [0, 0.05) is 25.4 Å². The number of nitrogens with zero attached hydrogens (tertiary/aromatic N) is 3. The predicted octanol–water partition coefficient (Wildman–Crippen LogP) is 2.38. The Morgan fingerprint density at radius 3 is 2.88 bits per heavy atom. The Hall–Kier alpha value is -2.89. The minimum absolute atomic E-state index is 0.0822. The molecule has 1 aromatic carbocycles. The van der Waals surface area contributed by atoms with E-state index in [9.17, 15) is 14.9 Å². The van der Waals surface area contributed by atoms with Crippen LogP contribution in [0.2, 0.25) is 0 Å². The van der Waals surface area contributed by atoms with Crippen LogP contribution in [-0.2, 0) is 16.0 Å². The molecule has 0 spiro atoms. The molecule has 1 aliphatic carbocycles. The molecule has 1 saturated carbocycles. The molecule has 32 heavy (non-hydrogen) atoms. The quantitative estimate of drug-likeness (QED) is 0.591. The number of nitriles is 1. The molecule has 2 aliphatic rings. The van der Waals surface area contributed by atoms with Gasteiger partial charge in [-0.2, -0.15) is 5.26 Å². The summed E-state index contributed by atoms with van der Waals surface area (Å²) in [4.78, 5) is 31.7. The molecule has 9 heteroatoms. The third-order valence-corrected chi connectivity index (χ3v) is 6.08. The summed E-state index contributed by atoms with van der Waals surface area (Å²) in [5, 5.41) is 14.7. The van der Waals surface area contributed by atoms with Crippen molar-refractivity contribution in [2.24, 2.45) is 0 Å². The van der Waals surface area contributed by atoms with E-state index in [1.165, 1.54) is 5.57 Å². The van der Waals surface area contributed by atoms with Crippen LogP contribution < -0.4 is 10.6 Å². The van der Waals surface area contributed by atoms with Crippen LogP contribution >= 0.6 is 11.6 Å². The number of fused-ring (bicyclic) bond motifs is 1. The zero-order valence-corrected chi connectivity index (χ0v) is 18.7. The maximum atomic E-state index is 12.8. The number of nitrogens with one attached hydrogen (secondary N) is 2. The van der Waals surface area contributed by atoms with Gasteiger partial charge in [0.25, 0.3) is 0 Å². The van der Waals surface area contributed by atoms with Crippen molar-refractivity contribution in [1.29, 1.82) is 5.26 Å². The first-order chi connectivity index (χ1) is 15.4. The highest BCUT2D eigenvalue weighted by Crippen LogP contribution is 2.34. The van der Waals surface area contributed by atoms with E-state index in [0.29, 0.717) is 29.8 Å². The molecule has 0 bridgehead atoms. The zero-order chi connectivity index (χ0) is 22.7. The van der Waals surface area contributed by atoms with E-state index in [-0.39, 0.29) is 24.6 Å². The molecule has 2 N–H and O–H groups in total. The van der Waals surface area contributed by atoms with E-state index in [0.717, 1.165) is 25.1 Å². The normalized spacial score (nSPS) is 18.5. The topological polar surface area (TPSA) is 111 Å². The number of aromatic nitrogens is 1. The average Bonchev–Trinajstić information content (AvgIpc) is 3.43. The van der Waals surface area contributed by atoms with Gasteiger partial charge in [-0.3, -0.25) is 9.59 Å². The SMILES string of the molecule is CN1CC=C(c2ccc3nc(C[C@H](NC(=O)CCCl)C(=O)NC4(C#N)CC4)oc3c2)CC1. The summed E-state index contributed by atoms with van der Waals surface area (Å²) in [5.74, 6) is -0.261. The maximum Gasteiger partial charge on any atom is 0.244 e. The third kappa shape index (κ3) is 5.12. The Labute approximate surface area is 191 Å². The van der Waals surface area contributed by atoms with Crippen LogP contribution in [0.15, 0.2) is 28.7 Å². The van der Waals surface area contributed by atoms with Crippen LogP contribution in [0, 0.1) is 11.3 Å². The number of carbonyl (C=O) groups is 2. The van der Waals surface area contributed by atoms with Gasteiger partial charge in [0.2, 0.25) is 11.8 Å². The second-order valence-electron chi connectivity index (χ2n) is 8.48. The number of halogens is 1. The van der Waals surface area contributed by atoms with Gasteiger partial charge in [-0.15, -0.1) is 11.6 Å². The third-order valence-electron chi connectivity index (χ3n) is 5.89. The number of benzene rings is 1. The summed E-state index contributed by atoms with van der Waals surface area (Å²) in [7, 11) is 2.10. The molecule has 2 amide bonds. The Bertz CT molecular complexity index is 1100. The molecule has 1 fully saturated rings. The van der Waals surface area contributed by atoms with E-state index in [4.69, 9.17) is 16.0 Å². The van der Waals surface area contributed by atoms with Gasteiger partial charge < -0.3 is 20.0 Å².